The van der Waals surface area contributed by atoms with Crippen molar-refractivity contribution in [3.05, 3.63) is 40.0 Å². The lowest BCUT2D eigenvalue weighted by molar-refractivity contribution is 0.508. The number of aryl methyl sites for hydroxylation is 1. The molecule has 1 fully saturated rings. The van der Waals surface area contributed by atoms with E-state index in [2.05, 4.69) is 28.0 Å². The maximum atomic E-state index is 13.8. The highest BCUT2D eigenvalue weighted by molar-refractivity contribution is 9.10. The van der Waals surface area contributed by atoms with E-state index in [9.17, 15) is 8.78 Å². The predicted octanol–water partition coefficient (Wildman–Crippen LogP) is 4.80. The Morgan fingerprint density at radius 1 is 1.35 bits per heavy atom. The smallest absolute Gasteiger partial charge is 0.159 e. The van der Waals surface area contributed by atoms with E-state index >= 15 is 0 Å². The Bertz CT molecular complexity index is 710. The minimum atomic E-state index is -0.867. The zero-order chi connectivity index (χ0) is 16.6. The van der Waals surface area contributed by atoms with Gasteiger partial charge in [-0.05, 0) is 53.2 Å². The second kappa shape index (κ2) is 6.69. The van der Waals surface area contributed by atoms with Gasteiger partial charge < -0.3 is 5.73 Å². The Labute approximate surface area is 143 Å². The molecule has 1 aliphatic carbocycles. The summed E-state index contributed by atoms with van der Waals surface area (Å²) in [7, 11) is 0. The first-order valence-corrected chi connectivity index (χ1v) is 8.78. The van der Waals surface area contributed by atoms with Crippen molar-refractivity contribution in [1.29, 1.82) is 0 Å². The second-order valence-electron chi connectivity index (χ2n) is 6.13. The van der Waals surface area contributed by atoms with Crippen LogP contribution < -0.4 is 5.73 Å². The molecule has 0 bridgehead atoms. The SMILES string of the molecule is CCCCn1ncc([C@H](N)C2CC2)c1-c1cc(F)c(F)cc1Br. The number of unbranched alkanes of at least 4 members (excludes halogenated alkanes) is 1. The third-order valence-corrected chi connectivity index (χ3v) is 5.00. The zero-order valence-electron chi connectivity index (χ0n) is 13.0. The summed E-state index contributed by atoms with van der Waals surface area (Å²) in [5.74, 6) is -1.27. The molecule has 0 radical (unpaired) electrons. The van der Waals surface area contributed by atoms with E-state index < -0.39 is 11.6 Å². The van der Waals surface area contributed by atoms with Gasteiger partial charge in [0.2, 0.25) is 0 Å². The third-order valence-electron chi connectivity index (χ3n) is 4.35. The summed E-state index contributed by atoms with van der Waals surface area (Å²) in [6.07, 6.45) is 6.00. The van der Waals surface area contributed by atoms with Gasteiger partial charge in [0.15, 0.2) is 11.6 Å². The highest BCUT2D eigenvalue weighted by Crippen LogP contribution is 2.43. The molecule has 2 N–H and O–H groups in total. The standard InChI is InChI=1S/C17H20BrF2N3/c1-2-3-6-23-17(11-7-14(19)15(20)8-13(11)18)12(9-22-23)16(21)10-4-5-10/h7-10,16H,2-6,21H2,1H3/t16-/m1/s1. The van der Waals surface area contributed by atoms with Crippen LogP contribution in [0.3, 0.4) is 0 Å². The van der Waals surface area contributed by atoms with Crippen molar-refractivity contribution in [3.63, 3.8) is 0 Å². The van der Waals surface area contributed by atoms with Crippen molar-refractivity contribution >= 4 is 15.9 Å². The van der Waals surface area contributed by atoms with Crippen molar-refractivity contribution < 1.29 is 8.78 Å². The highest BCUT2D eigenvalue weighted by atomic mass is 79.9. The van der Waals surface area contributed by atoms with Crippen molar-refractivity contribution in [2.75, 3.05) is 0 Å². The average molecular weight is 384 g/mol. The van der Waals surface area contributed by atoms with Gasteiger partial charge >= 0.3 is 0 Å². The highest BCUT2D eigenvalue weighted by Gasteiger charge is 2.33. The van der Waals surface area contributed by atoms with Crippen molar-refractivity contribution in [1.82, 2.24) is 9.78 Å². The van der Waals surface area contributed by atoms with Gasteiger partial charge in [-0.1, -0.05) is 13.3 Å². The number of hydrogen-bond acceptors (Lipinski definition) is 2. The molecule has 0 aliphatic heterocycles. The number of rotatable bonds is 6. The molecule has 2 aromatic rings. The zero-order valence-corrected chi connectivity index (χ0v) is 14.6. The van der Waals surface area contributed by atoms with E-state index in [1.165, 1.54) is 6.07 Å². The number of halogens is 3. The predicted molar refractivity (Wildman–Crippen MR) is 89.8 cm³/mol. The molecular weight excluding hydrogens is 364 g/mol. The first-order valence-electron chi connectivity index (χ1n) is 7.99. The molecule has 124 valence electrons. The summed E-state index contributed by atoms with van der Waals surface area (Å²) in [5.41, 5.74) is 8.67. The Morgan fingerprint density at radius 3 is 2.70 bits per heavy atom. The Balaban J connectivity index is 2.10. The Kier molecular flexibility index (Phi) is 4.82. The molecule has 3 nitrogen and oxygen atoms in total. The molecule has 3 rings (SSSR count). The second-order valence-corrected chi connectivity index (χ2v) is 6.99. The Morgan fingerprint density at radius 2 is 2.04 bits per heavy atom. The molecule has 1 aliphatic rings. The molecule has 1 saturated carbocycles. The van der Waals surface area contributed by atoms with Crippen molar-refractivity contribution in [2.24, 2.45) is 11.7 Å². The van der Waals surface area contributed by atoms with Crippen molar-refractivity contribution in [3.8, 4) is 11.3 Å². The monoisotopic (exact) mass is 383 g/mol. The molecule has 1 aromatic heterocycles. The molecule has 0 amide bonds. The van der Waals surface area contributed by atoms with E-state index in [4.69, 9.17) is 5.73 Å². The van der Waals surface area contributed by atoms with Gasteiger partial charge in [-0.15, -0.1) is 0 Å². The lowest BCUT2D eigenvalue weighted by Crippen LogP contribution is -2.14. The quantitative estimate of drug-likeness (QED) is 0.727. The number of nitrogens with zero attached hydrogens (tertiary/aromatic N) is 2. The lowest BCUT2D eigenvalue weighted by Gasteiger charge is -2.15. The first-order chi connectivity index (χ1) is 11.0. The molecule has 0 unspecified atom stereocenters. The fraction of sp³-hybridized carbons (Fsp3) is 0.471. The minimum absolute atomic E-state index is 0.111. The fourth-order valence-corrected chi connectivity index (χ4v) is 3.33. The van der Waals surface area contributed by atoms with E-state index in [1.807, 2.05) is 4.68 Å². The van der Waals surface area contributed by atoms with Gasteiger partial charge in [0.25, 0.3) is 0 Å². The molecular formula is C17H20BrF2N3. The molecule has 23 heavy (non-hydrogen) atoms. The summed E-state index contributed by atoms with van der Waals surface area (Å²) in [5, 5.41) is 4.45. The lowest BCUT2D eigenvalue weighted by atomic mass is 9.99. The van der Waals surface area contributed by atoms with Crippen LogP contribution in [0.15, 0.2) is 22.8 Å². The normalized spacial score (nSPS) is 15.9. The maximum absolute atomic E-state index is 13.8. The number of benzene rings is 1. The van der Waals surface area contributed by atoms with E-state index in [0.717, 1.165) is 49.6 Å². The van der Waals surface area contributed by atoms with E-state index in [0.29, 0.717) is 16.0 Å². The average Bonchev–Trinajstić information content (AvgIpc) is 3.29. The molecule has 0 saturated heterocycles. The summed E-state index contributed by atoms with van der Waals surface area (Å²) < 4.78 is 29.6. The third kappa shape index (κ3) is 3.33. The van der Waals surface area contributed by atoms with Crippen LogP contribution in [0.1, 0.15) is 44.2 Å². The Hall–Kier alpha value is -1.27. The first kappa shape index (κ1) is 16.6. The number of aromatic nitrogens is 2. The van der Waals surface area contributed by atoms with Gasteiger partial charge in [0, 0.05) is 28.2 Å². The summed E-state index contributed by atoms with van der Waals surface area (Å²) in [6, 6.07) is 2.27. The van der Waals surface area contributed by atoms with Gasteiger partial charge in [-0.3, -0.25) is 4.68 Å². The number of nitrogens with two attached hydrogens (primary N) is 1. The van der Waals surface area contributed by atoms with E-state index in [-0.39, 0.29) is 6.04 Å². The minimum Gasteiger partial charge on any atom is -0.324 e. The van der Waals surface area contributed by atoms with Gasteiger partial charge in [0.05, 0.1) is 11.9 Å². The summed E-state index contributed by atoms with van der Waals surface area (Å²) >= 11 is 3.35. The van der Waals surface area contributed by atoms with Gasteiger partial charge in [-0.25, -0.2) is 8.78 Å². The molecule has 6 heteroatoms. The van der Waals surface area contributed by atoms with Crippen LogP contribution in [0.5, 0.6) is 0 Å². The fourth-order valence-electron chi connectivity index (χ4n) is 2.83. The largest absolute Gasteiger partial charge is 0.324 e. The van der Waals surface area contributed by atoms with Crippen LogP contribution in [0.2, 0.25) is 0 Å². The molecule has 1 aromatic carbocycles. The maximum Gasteiger partial charge on any atom is 0.159 e. The van der Waals surface area contributed by atoms with Crippen LogP contribution in [0.25, 0.3) is 11.3 Å². The van der Waals surface area contributed by atoms with Crippen LogP contribution in [-0.4, -0.2) is 9.78 Å². The van der Waals surface area contributed by atoms with Crippen molar-refractivity contribution in [2.45, 2.75) is 45.2 Å². The molecule has 0 spiro atoms. The van der Waals surface area contributed by atoms with E-state index in [1.54, 1.807) is 6.20 Å². The molecule has 1 atom stereocenters. The van der Waals surface area contributed by atoms with Crippen LogP contribution in [-0.2, 0) is 6.54 Å². The molecule has 1 heterocycles. The summed E-state index contributed by atoms with van der Waals surface area (Å²) in [4.78, 5) is 0. The topological polar surface area (TPSA) is 43.8 Å². The van der Waals surface area contributed by atoms with Gasteiger partial charge in [-0.2, -0.15) is 5.10 Å². The number of hydrogen-bond donors (Lipinski definition) is 1. The van der Waals surface area contributed by atoms with Crippen LogP contribution in [0.4, 0.5) is 8.78 Å². The summed E-state index contributed by atoms with van der Waals surface area (Å²) in [6.45, 7) is 2.84. The van der Waals surface area contributed by atoms with Crippen LogP contribution in [0, 0.1) is 17.6 Å². The van der Waals surface area contributed by atoms with Gasteiger partial charge in [0.1, 0.15) is 0 Å². The van der Waals surface area contributed by atoms with Crippen LogP contribution >= 0.6 is 15.9 Å².